The van der Waals surface area contributed by atoms with Gasteiger partial charge in [-0.05, 0) is 24.1 Å². The molecule has 0 spiro atoms. The average molecular weight is 301 g/mol. The molecule has 1 heterocycles. The fourth-order valence-electron chi connectivity index (χ4n) is 2.33. The van der Waals surface area contributed by atoms with Crippen molar-refractivity contribution in [1.82, 2.24) is 5.32 Å². The van der Waals surface area contributed by atoms with Crippen molar-refractivity contribution in [3.8, 4) is 0 Å². The summed E-state index contributed by atoms with van der Waals surface area (Å²) in [6, 6.07) is 13.6. The molecule has 21 heavy (non-hydrogen) atoms. The van der Waals surface area contributed by atoms with Gasteiger partial charge in [0.15, 0.2) is 0 Å². The van der Waals surface area contributed by atoms with E-state index in [1.807, 2.05) is 18.2 Å². The minimum Gasteiger partial charge on any atom is -0.465 e. The Labute approximate surface area is 126 Å². The number of hydrogen-bond donors (Lipinski definition) is 1. The van der Waals surface area contributed by atoms with E-state index in [2.05, 4.69) is 22.2 Å². The lowest BCUT2D eigenvalue weighted by Crippen LogP contribution is -2.25. The second-order valence-corrected chi connectivity index (χ2v) is 6.07. The first-order valence-electron chi connectivity index (χ1n) is 6.73. The molecule has 2 aromatic rings. The third-order valence-electron chi connectivity index (χ3n) is 3.55. The molecule has 1 aromatic carbocycles. The van der Waals surface area contributed by atoms with Crippen molar-refractivity contribution in [3.63, 3.8) is 0 Å². The molecule has 0 aliphatic heterocycles. The lowest BCUT2D eigenvalue weighted by molar-refractivity contribution is 0.0606. The van der Waals surface area contributed by atoms with Crippen LogP contribution in [-0.2, 0) is 4.74 Å². The van der Waals surface area contributed by atoms with Gasteiger partial charge in [-0.25, -0.2) is 4.79 Å². The maximum atomic E-state index is 12.1. The Morgan fingerprint density at radius 2 is 1.86 bits per heavy atom. The van der Waals surface area contributed by atoms with E-state index in [1.54, 1.807) is 12.1 Å². The zero-order chi connectivity index (χ0) is 14.8. The monoisotopic (exact) mass is 301 g/mol. The number of benzene rings is 1. The number of carbonyl (C=O) groups is 2. The number of amides is 1. The van der Waals surface area contributed by atoms with Crippen LogP contribution in [0, 0.1) is 0 Å². The van der Waals surface area contributed by atoms with Crippen LogP contribution in [0.1, 0.15) is 37.2 Å². The second kappa shape index (κ2) is 5.69. The maximum absolute atomic E-state index is 12.1. The fourth-order valence-corrected chi connectivity index (χ4v) is 3.16. The molecule has 1 amide bonds. The van der Waals surface area contributed by atoms with Crippen molar-refractivity contribution >= 4 is 23.2 Å². The molecule has 3 rings (SSSR count). The van der Waals surface area contributed by atoms with Gasteiger partial charge in [0.05, 0.1) is 12.0 Å². The molecule has 1 aromatic heterocycles. The van der Waals surface area contributed by atoms with Crippen LogP contribution in [0.2, 0.25) is 0 Å². The van der Waals surface area contributed by atoms with E-state index in [9.17, 15) is 9.59 Å². The topological polar surface area (TPSA) is 55.4 Å². The molecule has 0 radical (unpaired) electrons. The van der Waals surface area contributed by atoms with Gasteiger partial charge in [0.1, 0.15) is 4.88 Å². The smallest absolute Gasteiger partial charge is 0.348 e. The number of methoxy groups -OCH3 is 1. The molecule has 0 bridgehead atoms. The van der Waals surface area contributed by atoms with Crippen LogP contribution >= 0.6 is 11.3 Å². The molecule has 1 aliphatic rings. The summed E-state index contributed by atoms with van der Waals surface area (Å²) in [5.41, 5.74) is 1.25. The van der Waals surface area contributed by atoms with Gasteiger partial charge >= 0.3 is 5.97 Å². The average Bonchev–Trinajstić information content (AvgIpc) is 3.10. The van der Waals surface area contributed by atoms with Crippen molar-refractivity contribution in [2.45, 2.75) is 18.4 Å². The van der Waals surface area contributed by atoms with Crippen LogP contribution in [0.25, 0.3) is 0 Å². The van der Waals surface area contributed by atoms with Gasteiger partial charge in [0, 0.05) is 12.0 Å². The summed E-state index contributed by atoms with van der Waals surface area (Å²) >= 11 is 1.15. The van der Waals surface area contributed by atoms with Crippen molar-refractivity contribution < 1.29 is 14.3 Å². The number of rotatable bonds is 4. The zero-order valence-corrected chi connectivity index (χ0v) is 12.4. The van der Waals surface area contributed by atoms with E-state index in [0.29, 0.717) is 15.7 Å². The highest BCUT2D eigenvalue weighted by atomic mass is 32.1. The van der Waals surface area contributed by atoms with E-state index in [1.165, 1.54) is 12.7 Å². The summed E-state index contributed by atoms with van der Waals surface area (Å²) in [6.45, 7) is 0. The molecule has 5 heteroatoms. The number of nitrogens with one attached hydrogen (secondary N) is 1. The van der Waals surface area contributed by atoms with E-state index in [-0.39, 0.29) is 11.9 Å². The number of carbonyl (C=O) groups excluding carboxylic acids is 2. The van der Waals surface area contributed by atoms with Gasteiger partial charge in [-0.15, -0.1) is 11.3 Å². The molecule has 1 N–H and O–H groups in total. The van der Waals surface area contributed by atoms with Crippen molar-refractivity contribution in [3.05, 3.63) is 57.8 Å². The predicted octanol–water partition coefficient (Wildman–Crippen LogP) is 2.82. The SMILES string of the molecule is COC(=O)c1ccc(C(=O)NC2CC2c2ccccc2)s1. The highest BCUT2D eigenvalue weighted by molar-refractivity contribution is 7.15. The first kappa shape index (κ1) is 13.8. The van der Waals surface area contributed by atoms with Crippen molar-refractivity contribution in [1.29, 1.82) is 0 Å². The third kappa shape index (κ3) is 2.97. The largest absolute Gasteiger partial charge is 0.465 e. The summed E-state index contributed by atoms with van der Waals surface area (Å²) in [5, 5.41) is 3.01. The van der Waals surface area contributed by atoms with Crippen LogP contribution < -0.4 is 5.32 Å². The maximum Gasteiger partial charge on any atom is 0.348 e. The molecule has 2 unspecified atom stereocenters. The Bertz CT molecular complexity index is 665. The molecule has 4 nitrogen and oxygen atoms in total. The minimum absolute atomic E-state index is 0.126. The summed E-state index contributed by atoms with van der Waals surface area (Å²) in [7, 11) is 1.33. The quantitative estimate of drug-likeness (QED) is 0.884. The standard InChI is InChI=1S/C16H15NO3S/c1-20-16(19)14-8-7-13(21-14)15(18)17-12-9-11(12)10-5-3-2-4-6-10/h2-8,11-12H,9H2,1H3,(H,17,18). The normalized spacial score (nSPS) is 19.9. The lowest BCUT2D eigenvalue weighted by Gasteiger charge is -2.03. The van der Waals surface area contributed by atoms with Crippen LogP contribution in [0.3, 0.4) is 0 Å². The minimum atomic E-state index is -0.410. The van der Waals surface area contributed by atoms with Crippen LogP contribution in [0.15, 0.2) is 42.5 Å². The zero-order valence-electron chi connectivity index (χ0n) is 11.5. The molecular weight excluding hydrogens is 286 g/mol. The molecule has 1 saturated carbocycles. The second-order valence-electron chi connectivity index (χ2n) is 4.99. The number of esters is 1. The molecular formula is C16H15NO3S. The first-order valence-corrected chi connectivity index (χ1v) is 7.54. The molecule has 108 valence electrons. The number of thiophene rings is 1. The van der Waals surface area contributed by atoms with Gasteiger partial charge in [0.25, 0.3) is 5.91 Å². The molecule has 1 aliphatic carbocycles. The predicted molar refractivity (Wildman–Crippen MR) is 80.7 cm³/mol. The Balaban J connectivity index is 1.61. The van der Waals surface area contributed by atoms with Gasteiger partial charge in [-0.1, -0.05) is 30.3 Å². The van der Waals surface area contributed by atoms with Crippen LogP contribution in [0.5, 0.6) is 0 Å². The van der Waals surface area contributed by atoms with Crippen LogP contribution in [-0.4, -0.2) is 25.0 Å². The highest BCUT2D eigenvalue weighted by Gasteiger charge is 2.39. The summed E-state index contributed by atoms with van der Waals surface area (Å²) in [6.07, 6.45) is 0.963. The lowest BCUT2D eigenvalue weighted by atomic mass is 10.1. The molecule has 2 atom stereocenters. The van der Waals surface area contributed by atoms with Gasteiger partial charge in [-0.3, -0.25) is 4.79 Å². The van der Waals surface area contributed by atoms with E-state index in [4.69, 9.17) is 0 Å². The molecule has 1 fully saturated rings. The summed E-state index contributed by atoms with van der Waals surface area (Å²) < 4.78 is 4.64. The Morgan fingerprint density at radius 3 is 2.57 bits per heavy atom. The highest BCUT2D eigenvalue weighted by Crippen LogP contribution is 2.40. The van der Waals surface area contributed by atoms with Gasteiger partial charge < -0.3 is 10.1 Å². The Kier molecular flexibility index (Phi) is 3.75. The summed E-state index contributed by atoms with van der Waals surface area (Å²) in [5.74, 6) is -0.138. The summed E-state index contributed by atoms with van der Waals surface area (Å²) in [4.78, 5) is 24.5. The fraction of sp³-hybridized carbons (Fsp3) is 0.250. The van der Waals surface area contributed by atoms with E-state index < -0.39 is 5.97 Å². The first-order chi connectivity index (χ1) is 10.2. The van der Waals surface area contributed by atoms with Crippen LogP contribution in [0.4, 0.5) is 0 Å². The Morgan fingerprint density at radius 1 is 1.14 bits per heavy atom. The van der Waals surface area contributed by atoms with Crippen molar-refractivity contribution in [2.75, 3.05) is 7.11 Å². The molecule has 0 saturated heterocycles. The van der Waals surface area contributed by atoms with Gasteiger partial charge in [-0.2, -0.15) is 0 Å². The number of ether oxygens (including phenoxy) is 1. The van der Waals surface area contributed by atoms with E-state index >= 15 is 0 Å². The van der Waals surface area contributed by atoms with Crippen molar-refractivity contribution in [2.24, 2.45) is 0 Å². The number of hydrogen-bond acceptors (Lipinski definition) is 4. The third-order valence-corrected chi connectivity index (χ3v) is 4.62. The Hall–Kier alpha value is -2.14. The van der Waals surface area contributed by atoms with E-state index in [0.717, 1.165) is 17.8 Å². The van der Waals surface area contributed by atoms with Gasteiger partial charge in [0.2, 0.25) is 0 Å².